The van der Waals surface area contributed by atoms with Crippen molar-refractivity contribution in [3.05, 3.63) is 62.9 Å². The SMILES string of the molecule is CCCc1ccc(C(=O)Oc2cc(Cl)c(C(F)(F)F)c(Cl)c2)c(F)c1. The maximum absolute atomic E-state index is 14.0. The van der Waals surface area contributed by atoms with E-state index in [4.69, 9.17) is 27.9 Å². The molecule has 0 N–H and O–H groups in total. The molecular weight excluding hydrogens is 383 g/mol. The van der Waals surface area contributed by atoms with Crippen LogP contribution < -0.4 is 4.74 Å². The average molecular weight is 395 g/mol. The zero-order chi connectivity index (χ0) is 18.8. The number of halogens is 6. The Bertz CT molecular complexity index is 781. The Kier molecular flexibility index (Phi) is 5.95. The second-order valence-electron chi connectivity index (χ2n) is 5.21. The van der Waals surface area contributed by atoms with Gasteiger partial charge in [-0.3, -0.25) is 0 Å². The highest BCUT2D eigenvalue weighted by molar-refractivity contribution is 6.36. The molecule has 8 heteroatoms. The topological polar surface area (TPSA) is 26.3 Å². The van der Waals surface area contributed by atoms with Gasteiger partial charge < -0.3 is 4.74 Å². The lowest BCUT2D eigenvalue weighted by atomic mass is 10.1. The van der Waals surface area contributed by atoms with E-state index in [0.29, 0.717) is 6.42 Å². The van der Waals surface area contributed by atoms with Gasteiger partial charge in [0.25, 0.3) is 0 Å². The molecule has 0 radical (unpaired) electrons. The van der Waals surface area contributed by atoms with E-state index in [-0.39, 0.29) is 11.3 Å². The molecule has 2 aromatic rings. The molecule has 0 fully saturated rings. The normalized spacial score (nSPS) is 11.5. The summed E-state index contributed by atoms with van der Waals surface area (Å²) in [7, 11) is 0. The van der Waals surface area contributed by atoms with Crippen molar-refractivity contribution >= 4 is 29.2 Å². The lowest BCUT2D eigenvalue weighted by Gasteiger charge is -2.13. The first-order valence-electron chi connectivity index (χ1n) is 7.20. The van der Waals surface area contributed by atoms with Crippen molar-refractivity contribution in [3.8, 4) is 5.75 Å². The second kappa shape index (κ2) is 7.62. The maximum atomic E-state index is 14.0. The van der Waals surface area contributed by atoms with Crippen LogP contribution in [0, 0.1) is 5.82 Å². The molecule has 0 amide bonds. The van der Waals surface area contributed by atoms with Crippen LogP contribution in [-0.4, -0.2) is 5.97 Å². The highest BCUT2D eigenvalue weighted by atomic mass is 35.5. The van der Waals surface area contributed by atoms with E-state index in [1.54, 1.807) is 6.07 Å². The fourth-order valence-electron chi connectivity index (χ4n) is 2.21. The third-order valence-corrected chi connectivity index (χ3v) is 3.90. The van der Waals surface area contributed by atoms with Crippen LogP contribution >= 0.6 is 23.2 Å². The van der Waals surface area contributed by atoms with Crippen molar-refractivity contribution in [1.82, 2.24) is 0 Å². The van der Waals surface area contributed by atoms with Gasteiger partial charge in [-0.15, -0.1) is 0 Å². The number of benzene rings is 2. The van der Waals surface area contributed by atoms with Crippen molar-refractivity contribution in [2.24, 2.45) is 0 Å². The van der Waals surface area contributed by atoms with Crippen LogP contribution in [0.15, 0.2) is 30.3 Å². The predicted octanol–water partition coefficient (Wildman–Crippen LogP) is 6.32. The first kappa shape index (κ1) is 19.5. The number of aryl methyl sites for hydroxylation is 1. The standard InChI is InChI=1S/C17H12Cl2F4O2/c1-2-3-9-4-5-11(14(20)6-9)16(24)25-10-7-12(18)15(13(19)8-10)17(21,22)23/h4-8H,2-3H2,1H3. The van der Waals surface area contributed by atoms with Crippen LogP contribution in [0.3, 0.4) is 0 Å². The summed E-state index contributed by atoms with van der Waals surface area (Å²) in [6.07, 6.45) is -3.29. The van der Waals surface area contributed by atoms with Crippen molar-refractivity contribution in [1.29, 1.82) is 0 Å². The molecule has 0 bridgehead atoms. The van der Waals surface area contributed by atoms with Crippen molar-refractivity contribution in [3.63, 3.8) is 0 Å². The average Bonchev–Trinajstić information content (AvgIpc) is 2.45. The molecule has 2 aromatic carbocycles. The minimum Gasteiger partial charge on any atom is -0.423 e. The summed E-state index contributed by atoms with van der Waals surface area (Å²) in [6.45, 7) is 1.93. The lowest BCUT2D eigenvalue weighted by Crippen LogP contribution is -2.12. The number of hydrogen-bond donors (Lipinski definition) is 0. The van der Waals surface area contributed by atoms with E-state index in [1.807, 2.05) is 6.92 Å². The van der Waals surface area contributed by atoms with Crippen LogP contribution in [0.4, 0.5) is 17.6 Å². The van der Waals surface area contributed by atoms with Crippen molar-refractivity contribution in [2.75, 3.05) is 0 Å². The van der Waals surface area contributed by atoms with Gasteiger partial charge in [-0.05, 0) is 24.1 Å². The van der Waals surface area contributed by atoms with E-state index in [9.17, 15) is 22.4 Å². The van der Waals surface area contributed by atoms with Gasteiger partial charge in [-0.25, -0.2) is 9.18 Å². The number of carbonyl (C=O) groups excluding carboxylic acids is 1. The van der Waals surface area contributed by atoms with Gasteiger partial charge >= 0.3 is 12.1 Å². The van der Waals surface area contributed by atoms with Crippen LogP contribution in [0.2, 0.25) is 10.0 Å². The van der Waals surface area contributed by atoms with Gasteiger partial charge in [-0.2, -0.15) is 13.2 Å². The van der Waals surface area contributed by atoms with Crippen molar-refractivity contribution in [2.45, 2.75) is 25.9 Å². The Morgan fingerprint density at radius 2 is 1.72 bits per heavy atom. The third kappa shape index (κ3) is 4.64. The Labute approximate surface area is 151 Å². The monoisotopic (exact) mass is 394 g/mol. The van der Waals surface area contributed by atoms with Crippen LogP contribution in [0.1, 0.15) is 34.8 Å². The Morgan fingerprint density at radius 3 is 2.20 bits per heavy atom. The molecule has 0 unspecified atom stereocenters. The van der Waals surface area contributed by atoms with E-state index in [0.717, 1.165) is 24.1 Å². The molecule has 0 aliphatic carbocycles. The fraction of sp³-hybridized carbons (Fsp3) is 0.235. The molecule has 0 aliphatic rings. The number of carbonyl (C=O) groups is 1. The molecule has 0 atom stereocenters. The highest BCUT2D eigenvalue weighted by Crippen LogP contribution is 2.41. The summed E-state index contributed by atoms with van der Waals surface area (Å²) in [5, 5.41) is -1.44. The van der Waals surface area contributed by atoms with Gasteiger partial charge in [0.05, 0.1) is 21.2 Å². The first-order chi connectivity index (χ1) is 11.6. The number of rotatable bonds is 4. The fourth-order valence-corrected chi connectivity index (χ4v) is 2.89. The second-order valence-corrected chi connectivity index (χ2v) is 6.03. The first-order valence-corrected chi connectivity index (χ1v) is 7.96. The predicted molar refractivity (Wildman–Crippen MR) is 86.8 cm³/mol. The smallest absolute Gasteiger partial charge is 0.419 e. The molecule has 25 heavy (non-hydrogen) atoms. The Hall–Kier alpha value is -1.79. The summed E-state index contributed by atoms with van der Waals surface area (Å²) in [4.78, 5) is 12.0. The van der Waals surface area contributed by atoms with E-state index < -0.39 is 33.6 Å². The maximum Gasteiger partial charge on any atom is 0.419 e. The molecule has 0 saturated heterocycles. The minimum absolute atomic E-state index is 0.315. The number of ether oxygens (including phenoxy) is 1. The molecule has 134 valence electrons. The lowest BCUT2D eigenvalue weighted by molar-refractivity contribution is -0.137. The van der Waals surface area contributed by atoms with Crippen LogP contribution in [0.5, 0.6) is 5.75 Å². The molecule has 0 aromatic heterocycles. The van der Waals surface area contributed by atoms with Crippen LogP contribution in [-0.2, 0) is 12.6 Å². The third-order valence-electron chi connectivity index (χ3n) is 3.30. The summed E-state index contributed by atoms with van der Waals surface area (Å²) >= 11 is 11.1. The van der Waals surface area contributed by atoms with E-state index in [2.05, 4.69) is 0 Å². The number of alkyl halides is 3. The summed E-state index contributed by atoms with van der Waals surface area (Å²) < 4.78 is 57.3. The molecule has 0 saturated carbocycles. The van der Waals surface area contributed by atoms with E-state index >= 15 is 0 Å². The van der Waals surface area contributed by atoms with Gasteiger partial charge in [0.15, 0.2) is 0 Å². The zero-order valence-electron chi connectivity index (χ0n) is 12.9. The molecule has 2 rings (SSSR count). The van der Waals surface area contributed by atoms with Gasteiger partial charge in [0.1, 0.15) is 11.6 Å². The Morgan fingerprint density at radius 1 is 1.12 bits per heavy atom. The van der Waals surface area contributed by atoms with Crippen LogP contribution in [0.25, 0.3) is 0 Å². The molecular formula is C17H12Cl2F4O2. The number of hydrogen-bond acceptors (Lipinski definition) is 2. The number of esters is 1. The summed E-state index contributed by atoms with van der Waals surface area (Å²) in [5.74, 6) is -2.16. The Balaban J connectivity index is 2.27. The zero-order valence-corrected chi connectivity index (χ0v) is 14.4. The minimum atomic E-state index is -4.75. The molecule has 0 heterocycles. The van der Waals surface area contributed by atoms with Gasteiger partial charge in [0, 0.05) is 12.1 Å². The van der Waals surface area contributed by atoms with Gasteiger partial charge in [0.2, 0.25) is 0 Å². The van der Waals surface area contributed by atoms with Gasteiger partial charge in [-0.1, -0.05) is 42.6 Å². The quantitative estimate of drug-likeness (QED) is 0.344. The van der Waals surface area contributed by atoms with Crippen molar-refractivity contribution < 1.29 is 27.1 Å². The summed E-state index contributed by atoms with van der Waals surface area (Å²) in [5.41, 5.74) is -0.852. The highest BCUT2D eigenvalue weighted by Gasteiger charge is 2.36. The molecule has 2 nitrogen and oxygen atoms in total. The molecule has 0 spiro atoms. The largest absolute Gasteiger partial charge is 0.423 e. The summed E-state index contributed by atoms with van der Waals surface area (Å²) in [6, 6.07) is 5.66. The van der Waals surface area contributed by atoms with E-state index in [1.165, 1.54) is 12.1 Å². The molecule has 0 aliphatic heterocycles.